The number of benzene rings is 2. The molecular weight excluding hydrogens is 1820 g/mol. The van der Waals surface area contributed by atoms with E-state index in [4.69, 9.17) is 40.1 Å². The SMILES string of the molecule is CC[C@H](C)[C@@H]1NC(=O)[C@H](Cc2ccc(O)cc2)NC(=O)CNC(=O)CC[C@@H](C(=O)N2CCC[C@H]2C(=O)N[C@@H](CC(C)C)C(=O)CCC(N)=O)NC(=O)[C@H](CC(N)=O)CC(=O)[C@H](CCC(N)=O)NC1=O.CC[C@H](C)[C@H](NC(=O)[C@H](Cc1ccc(O)cc1)NC(=O)CN)C(=O)N[C@@H](CCC(N)=O)C(=O)C[C@@H](CC(N)=O)C(=O)N[C@@H](CCC(=O)O)C(=O)N1CCC[C@H]1C(=O)N[C@@H](CC(C)C)C(=O)CCC(N)=O. The van der Waals surface area contributed by atoms with E-state index in [2.05, 4.69) is 58.5 Å². The molecule has 139 heavy (non-hydrogen) atoms. The van der Waals surface area contributed by atoms with Crippen LogP contribution in [0.25, 0.3) is 0 Å². The molecule has 2 aromatic rings. The highest BCUT2D eigenvalue weighted by Gasteiger charge is 2.45. The minimum Gasteiger partial charge on any atom is -0.508 e. The topological polar surface area (TPSA) is 791 Å². The Morgan fingerprint density at radius 2 is 1.01 bits per heavy atom. The van der Waals surface area contributed by atoms with Crippen molar-refractivity contribution in [2.75, 3.05) is 26.2 Å². The first-order chi connectivity index (χ1) is 65.3. The Morgan fingerprint density at radius 3 is 1.51 bits per heavy atom. The van der Waals surface area contributed by atoms with Gasteiger partial charge in [-0.3, -0.25) is 115 Å². The number of likely N-dealkylation sites (tertiary alicyclic amines) is 2. The zero-order valence-corrected chi connectivity index (χ0v) is 79.8. The standard InChI is InChI=1S/C46H70N10O14.C46H68N10O13/c1-5-25(4)41(55-43(67)32(51-39(63)23-47)20-26-8-10-28(57)11-9-26)45(69)52-29(12-15-36(48)60)35(59)21-27(22-38(50)62)42(66)53-30(13-17-40(64)65)46(70)56-18-6-7-33(56)44(68)54-31(19-24(2)3)34(58)14-16-37(49)61;1-5-25(4)41-45(68)52-29(12-15-36(47)60)35(59)21-27(22-38(49)62)42(65)53-30(13-17-39(63)50-23-40(64)51-32(43(66)55-41)20-26-8-10-28(57)11-9-26)46(69)56-18-6-7-33(56)44(67)54-31(19-24(2)3)34(58)14-16-37(48)61/h8-11,24-25,27,29-33,41,57H,5-7,12-23,47H2,1-4H3,(H2,48,60)(H2,49,61)(H2,50,62)(H,51,63)(H,52,69)(H,53,66)(H,54,68)(H,55,67)(H,64,65);8-11,24-25,27,29-33,41,57H,5-7,12-23H2,1-4H3,(H2,47,60)(H2,48,61)(H2,49,62)(H,50,63)(H,51,64)(H,52,68)(H,53,65)(H,54,67)(H,55,66)/t2*25-,27-,29-,30-,31-,32-,33-,41-/m00/s1. The number of primary amides is 6. The van der Waals surface area contributed by atoms with Crippen molar-refractivity contribution in [3.05, 3.63) is 59.7 Å². The van der Waals surface area contributed by atoms with Gasteiger partial charge in [0.1, 0.15) is 59.8 Å². The summed E-state index contributed by atoms with van der Waals surface area (Å²) in [6, 6.07) is -4.24. The smallest absolute Gasteiger partial charge is 0.303 e. The quantitative estimate of drug-likeness (QED) is 0.0298. The van der Waals surface area contributed by atoms with E-state index in [1.54, 1.807) is 27.7 Å². The first kappa shape index (κ1) is 117. The molecular formula is C92H138N20O27. The average Bonchev–Trinajstić information content (AvgIpc) is 1.72. The fourth-order valence-corrected chi connectivity index (χ4v) is 15.8. The summed E-state index contributed by atoms with van der Waals surface area (Å²) < 4.78 is 0. The molecule has 0 spiro atoms. The van der Waals surface area contributed by atoms with Crippen molar-refractivity contribution in [3.8, 4) is 11.5 Å². The van der Waals surface area contributed by atoms with E-state index in [9.17, 15) is 130 Å². The number of hydrogen-bond acceptors (Lipinski definition) is 27. The van der Waals surface area contributed by atoms with E-state index in [0.717, 1.165) is 4.90 Å². The first-order valence-corrected chi connectivity index (χ1v) is 46.5. The monoisotopic (exact) mass is 1960 g/mol. The molecule has 5 rings (SSSR count). The lowest BCUT2D eigenvalue weighted by Gasteiger charge is -2.31. The second kappa shape index (κ2) is 58.6. The van der Waals surface area contributed by atoms with Gasteiger partial charge in [0.15, 0.2) is 23.1 Å². The molecule has 0 aliphatic carbocycles. The third-order valence-corrected chi connectivity index (χ3v) is 23.8. The first-order valence-electron chi connectivity index (χ1n) is 46.5. The summed E-state index contributed by atoms with van der Waals surface area (Å²) in [6.45, 7) is 12.9. The number of nitrogens with zero attached hydrogens (tertiary/aromatic N) is 2. The number of amides is 19. The summed E-state index contributed by atoms with van der Waals surface area (Å²) in [6.07, 6.45) is -5.84. The third-order valence-electron chi connectivity index (χ3n) is 23.8. The molecule has 3 fully saturated rings. The number of carboxylic acid groups (broad SMARTS) is 1. The van der Waals surface area contributed by atoms with Crippen molar-refractivity contribution in [3.63, 3.8) is 0 Å². The van der Waals surface area contributed by atoms with Gasteiger partial charge in [-0.1, -0.05) is 92.5 Å². The van der Waals surface area contributed by atoms with E-state index < -0.39 is 321 Å². The molecule has 0 unspecified atom stereocenters. The molecule has 768 valence electrons. The number of Topliss-reactive ketones (excluding diaryl/α,β-unsaturated/α-hetero) is 4. The predicted octanol–water partition coefficient (Wildman–Crippen LogP) is -4.28. The molecule has 0 radical (unpaired) electrons. The molecule has 47 nitrogen and oxygen atoms in total. The van der Waals surface area contributed by atoms with E-state index in [1.807, 2.05) is 27.7 Å². The number of carbonyl (C=O) groups is 24. The van der Waals surface area contributed by atoms with Crippen LogP contribution in [0.4, 0.5) is 0 Å². The van der Waals surface area contributed by atoms with Gasteiger partial charge in [-0.25, -0.2) is 0 Å². The summed E-state index contributed by atoms with van der Waals surface area (Å²) in [5.74, 6) is -24.6. The molecule has 0 saturated carbocycles. The Hall–Kier alpha value is -13.9. The van der Waals surface area contributed by atoms with Crippen LogP contribution in [-0.2, 0) is 128 Å². The lowest BCUT2D eigenvalue weighted by Crippen LogP contribution is -2.59. The molecule has 3 heterocycles. The Balaban J connectivity index is 0.000000580. The molecule has 47 heteroatoms. The zero-order valence-electron chi connectivity index (χ0n) is 79.8. The lowest BCUT2D eigenvalue weighted by molar-refractivity contribution is -0.144. The van der Waals surface area contributed by atoms with Gasteiger partial charge in [0, 0.05) is 103 Å². The van der Waals surface area contributed by atoms with Crippen molar-refractivity contribution in [1.82, 2.24) is 68.3 Å². The van der Waals surface area contributed by atoms with E-state index in [0.29, 0.717) is 36.8 Å². The van der Waals surface area contributed by atoms with Crippen LogP contribution < -0.4 is 98.6 Å². The van der Waals surface area contributed by atoms with Crippen molar-refractivity contribution >= 4 is 141 Å². The second-order valence-corrected chi connectivity index (χ2v) is 36.1. The van der Waals surface area contributed by atoms with Gasteiger partial charge >= 0.3 is 5.97 Å². The van der Waals surface area contributed by atoms with E-state index >= 15 is 0 Å². The van der Waals surface area contributed by atoms with Crippen LogP contribution in [0, 0.1) is 35.5 Å². The zero-order chi connectivity index (χ0) is 104. The Kier molecular flexibility index (Phi) is 49.5. The predicted molar refractivity (Wildman–Crippen MR) is 496 cm³/mol. The van der Waals surface area contributed by atoms with Gasteiger partial charge in [0.25, 0.3) is 0 Å². The molecule has 3 aliphatic rings. The third kappa shape index (κ3) is 41.5. The number of aliphatic carboxylic acids is 1. The highest BCUT2D eigenvalue weighted by Crippen LogP contribution is 2.27. The molecule has 0 aromatic heterocycles. The molecule has 19 amide bonds. The maximum absolute atomic E-state index is 14.5. The minimum absolute atomic E-state index is 0.00474. The number of rotatable bonds is 50. The maximum Gasteiger partial charge on any atom is 0.303 e. The molecule has 28 N–H and O–H groups in total. The summed E-state index contributed by atoms with van der Waals surface area (Å²) in [4.78, 5) is 319. The van der Waals surface area contributed by atoms with E-state index in [1.165, 1.54) is 53.4 Å². The second-order valence-electron chi connectivity index (χ2n) is 36.1. The van der Waals surface area contributed by atoms with Gasteiger partial charge in [-0.2, -0.15) is 0 Å². The fourth-order valence-electron chi connectivity index (χ4n) is 15.8. The van der Waals surface area contributed by atoms with Gasteiger partial charge in [-0.05, 0) is 123 Å². The number of nitrogens with one attached hydrogen (secondary N) is 11. The molecule has 16 atom stereocenters. The molecule has 2 aromatic carbocycles. The van der Waals surface area contributed by atoms with Gasteiger partial charge in [0.2, 0.25) is 112 Å². The van der Waals surface area contributed by atoms with Gasteiger partial charge in [-0.15, -0.1) is 0 Å². The van der Waals surface area contributed by atoms with Crippen LogP contribution in [0.15, 0.2) is 48.5 Å². The number of nitrogens with two attached hydrogens (primary N) is 7. The van der Waals surface area contributed by atoms with Crippen LogP contribution in [0.5, 0.6) is 11.5 Å². The summed E-state index contributed by atoms with van der Waals surface area (Å²) >= 11 is 0. The number of aromatic hydroxyl groups is 2. The number of phenols is 2. The minimum atomic E-state index is -1.61. The lowest BCUT2D eigenvalue weighted by atomic mass is 9.91. The summed E-state index contributed by atoms with van der Waals surface area (Å²) in [7, 11) is 0. The van der Waals surface area contributed by atoms with Crippen molar-refractivity contribution in [2.45, 2.75) is 295 Å². The van der Waals surface area contributed by atoms with Crippen molar-refractivity contribution in [2.24, 2.45) is 75.6 Å². The van der Waals surface area contributed by atoms with Crippen molar-refractivity contribution in [1.29, 1.82) is 0 Å². The van der Waals surface area contributed by atoms with Crippen LogP contribution >= 0.6 is 0 Å². The summed E-state index contributed by atoms with van der Waals surface area (Å²) in [5, 5.41) is 57.3. The molecule has 0 bridgehead atoms. The van der Waals surface area contributed by atoms with Crippen LogP contribution in [0.1, 0.15) is 221 Å². The fraction of sp³-hybridized carbons (Fsp3) is 0.609. The van der Waals surface area contributed by atoms with Crippen LogP contribution in [0.3, 0.4) is 0 Å². The van der Waals surface area contributed by atoms with Gasteiger partial charge in [0.05, 0.1) is 49.1 Å². The number of phenolic OH excluding ortho intramolecular Hbond substituents is 2. The number of carboxylic acids is 1. The Bertz CT molecular complexity index is 4720. The number of ketones is 4. The van der Waals surface area contributed by atoms with Gasteiger partial charge < -0.3 is 124 Å². The molecule has 3 saturated heterocycles. The van der Waals surface area contributed by atoms with Crippen molar-refractivity contribution < 1.29 is 130 Å². The molecule has 3 aliphatic heterocycles. The maximum atomic E-state index is 14.5. The summed E-state index contributed by atoms with van der Waals surface area (Å²) in [5.41, 5.74) is 38.8. The highest BCUT2D eigenvalue weighted by atomic mass is 16.4. The number of carbonyl (C=O) groups excluding carboxylic acids is 23. The van der Waals surface area contributed by atoms with Crippen LogP contribution in [0.2, 0.25) is 0 Å². The highest BCUT2D eigenvalue weighted by molar-refractivity contribution is 6.03. The average molecular weight is 1960 g/mol. The van der Waals surface area contributed by atoms with Crippen LogP contribution in [-0.4, -0.2) is 265 Å². The number of hydrogen-bond donors (Lipinski definition) is 21. The van der Waals surface area contributed by atoms with E-state index in [-0.39, 0.29) is 107 Å². The Morgan fingerprint density at radius 1 is 0.482 bits per heavy atom. The normalized spacial score (nSPS) is 19.7. The largest absolute Gasteiger partial charge is 0.508 e. The Labute approximate surface area is 804 Å².